The third kappa shape index (κ3) is 5.90. The van der Waals surface area contributed by atoms with Crippen molar-refractivity contribution in [3.05, 3.63) is 224 Å². The van der Waals surface area contributed by atoms with Crippen LogP contribution >= 0.6 is 0 Å². The first-order valence-electron chi connectivity index (χ1n) is 21.0. The van der Waals surface area contributed by atoms with Gasteiger partial charge in [-0.05, 0) is 74.8 Å². The molecule has 62 heavy (non-hydrogen) atoms. The van der Waals surface area contributed by atoms with E-state index in [0.717, 1.165) is 77.0 Å². The molecule has 0 saturated carbocycles. The minimum atomic E-state index is 0.545. The average Bonchev–Trinajstić information content (AvgIpc) is 3.87. The van der Waals surface area contributed by atoms with Crippen molar-refractivity contribution in [1.29, 1.82) is 0 Å². The van der Waals surface area contributed by atoms with Gasteiger partial charge < -0.3 is 0 Å². The van der Waals surface area contributed by atoms with E-state index >= 15 is 0 Å². The van der Waals surface area contributed by atoms with E-state index in [9.17, 15) is 0 Å². The van der Waals surface area contributed by atoms with Crippen LogP contribution in [0.5, 0.6) is 0 Å². The third-order valence-electron chi connectivity index (χ3n) is 12.0. The van der Waals surface area contributed by atoms with Gasteiger partial charge in [-0.15, -0.1) is 0 Å². The second-order valence-electron chi connectivity index (χ2n) is 15.6. The lowest BCUT2D eigenvalue weighted by atomic mass is 9.91. The van der Waals surface area contributed by atoms with Crippen molar-refractivity contribution in [2.24, 2.45) is 0 Å². The van der Waals surface area contributed by atoms with Crippen LogP contribution in [0.1, 0.15) is 0 Å². The largest absolute Gasteiger partial charge is 0.278 e. The lowest BCUT2D eigenvalue weighted by Gasteiger charge is -2.15. The van der Waals surface area contributed by atoms with E-state index in [1.165, 1.54) is 16.7 Å². The Hall–Kier alpha value is -8.41. The Labute approximate surface area is 358 Å². The molecule has 9 aromatic carbocycles. The predicted molar refractivity (Wildman–Crippen MR) is 256 cm³/mol. The van der Waals surface area contributed by atoms with Crippen molar-refractivity contribution in [2.75, 3.05) is 0 Å². The fourth-order valence-corrected chi connectivity index (χ4v) is 9.20. The molecule has 3 aromatic heterocycles. The van der Waals surface area contributed by atoms with Crippen molar-refractivity contribution >= 4 is 43.6 Å². The summed E-state index contributed by atoms with van der Waals surface area (Å²) in [6, 6.07) is 79.3. The molecular formula is C57H37N5. The molecule has 12 aromatic rings. The normalized spacial score (nSPS) is 11.5. The molecule has 0 spiro atoms. The van der Waals surface area contributed by atoms with E-state index < -0.39 is 0 Å². The lowest BCUT2D eigenvalue weighted by molar-refractivity contribution is 0.893. The fourth-order valence-electron chi connectivity index (χ4n) is 9.20. The van der Waals surface area contributed by atoms with Crippen LogP contribution in [0.4, 0.5) is 0 Å². The van der Waals surface area contributed by atoms with E-state index in [-0.39, 0.29) is 0 Å². The smallest absolute Gasteiger partial charge is 0.240 e. The molecule has 0 aliphatic rings. The number of benzene rings is 9. The summed E-state index contributed by atoms with van der Waals surface area (Å²) in [5.41, 5.74) is 14.1. The zero-order valence-electron chi connectivity index (χ0n) is 33.6. The Balaban J connectivity index is 1.11. The van der Waals surface area contributed by atoms with Gasteiger partial charge >= 0.3 is 0 Å². The molecule has 290 valence electrons. The number of nitrogens with zero attached hydrogens (tertiary/aromatic N) is 5. The van der Waals surface area contributed by atoms with E-state index in [0.29, 0.717) is 17.7 Å². The van der Waals surface area contributed by atoms with Crippen LogP contribution in [0, 0.1) is 0 Å². The number of hydrogen-bond donors (Lipinski definition) is 0. The van der Waals surface area contributed by atoms with E-state index in [2.05, 4.69) is 234 Å². The summed E-state index contributed by atoms with van der Waals surface area (Å²) in [6.45, 7) is 0. The molecule has 0 unspecified atom stereocenters. The number of aromatic nitrogens is 5. The van der Waals surface area contributed by atoms with Crippen LogP contribution in [0.25, 0.3) is 111 Å². The molecule has 0 amide bonds. The highest BCUT2D eigenvalue weighted by Gasteiger charge is 2.22. The number of hydrogen-bond acceptors (Lipinski definition) is 3. The van der Waals surface area contributed by atoms with Gasteiger partial charge in [0, 0.05) is 27.1 Å². The van der Waals surface area contributed by atoms with Gasteiger partial charge in [0.2, 0.25) is 11.9 Å². The SMILES string of the molecule is c1ccc(-c2ccc3c4ccccc4n(-c4nc(-c5ccccc5-c5cccc(-c6ccccc6-c6ccccc6)c5)nc(-n5c6ccccc6c6ccccc65)n4)c3c2)cc1. The maximum atomic E-state index is 5.47. The van der Waals surface area contributed by atoms with Crippen molar-refractivity contribution in [1.82, 2.24) is 24.1 Å². The molecular weight excluding hydrogens is 755 g/mol. The van der Waals surface area contributed by atoms with E-state index in [4.69, 9.17) is 15.0 Å². The molecule has 0 radical (unpaired) electrons. The Kier molecular flexibility index (Phi) is 8.42. The zero-order valence-corrected chi connectivity index (χ0v) is 33.6. The first-order chi connectivity index (χ1) is 30.8. The summed E-state index contributed by atoms with van der Waals surface area (Å²) in [5.74, 6) is 1.68. The van der Waals surface area contributed by atoms with Crippen molar-refractivity contribution in [3.63, 3.8) is 0 Å². The second kappa shape index (κ2) is 14.7. The van der Waals surface area contributed by atoms with Gasteiger partial charge in [-0.2, -0.15) is 15.0 Å². The van der Waals surface area contributed by atoms with Crippen LogP contribution in [0.3, 0.4) is 0 Å². The third-order valence-corrected chi connectivity index (χ3v) is 12.0. The maximum absolute atomic E-state index is 5.47. The lowest BCUT2D eigenvalue weighted by Crippen LogP contribution is -2.10. The van der Waals surface area contributed by atoms with E-state index in [1.807, 2.05) is 0 Å². The molecule has 0 N–H and O–H groups in total. The van der Waals surface area contributed by atoms with Crippen LogP contribution in [-0.4, -0.2) is 24.1 Å². The fraction of sp³-hybridized carbons (Fsp3) is 0. The summed E-state index contributed by atoms with van der Waals surface area (Å²) in [5, 5.41) is 4.55. The van der Waals surface area contributed by atoms with Crippen molar-refractivity contribution in [2.45, 2.75) is 0 Å². The van der Waals surface area contributed by atoms with Gasteiger partial charge in [-0.3, -0.25) is 9.13 Å². The number of fused-ring (bicyclic) bond motifs is 6. The Morgan fingerprint density at radius 3 is 1.21 bits per heavy atom. The number of rotatable bonds is 7. The summed E-state index contributed by atoms with van der Waals surface area (Å²) in [6.07, 6.45) is 0. The minimum Gasteiger partial charge on any atom is -0.278 e. The minimum absolute atomic E-state index is 0.545. The summed E-state index contributed by atoms with van der Waals surface area (Å²) < 4.78 is 4.40. The van der Waals surface area contributed by atoms with Crippen LogP contribution in [-0.2, 0) is 0 Å². The summed E-state index contributed by atoms with van der Waals surface area (Å²) >= 11 is 0. The standard InChI is InChI=1S/C57H37N5/c1-3-18-38(19-4-1)40-34-35-49-48-29-13-16-33-53(48)62(54(49)37-40)57-59-55(58-56(60-57)61-51-31-14-11-27-46(51)47-28-12-15-32-52(47)61)50-30-10-9-26-45(50)42-23-17-22-41(36-42)44-25-8-7-24-43(44)39-20-5-2-6-21-39/h1-37H. The Morgan fingerprint density at radius 2 is 0.645 bits per heavy atom. The summed E-state index contributed by atoms with van der Waals surface area (Å²) in [4.78, 5) is 16.3. The summed E-state index contributed by atoms with van der Waals surface area (Å²) in [7, 11) is 0. The van der Waals surface area contributed by atoms with Gasteiger partial charge in [0.15, 0.2) is 5.82 Å². The first kappa shape index (κ1) is 35.5. The van der Waals surface area contributed by atoms with Crippen LogP contribution in [0.2, 0.25) is 0 Å². The molecule has 0 fully saturated rings. The van der Waals surface area contributed by atoms with Gasteiger partial charge in [0.25, 0.3) is 0 Å². The maximum Gasteiger partial charge on any atom is 0.240 e. The van der Waals surface area contributed by atoms with Gasteiger partial charge in [-0.1, -0.05) is 194 Å². The molecule has 5 nitrogen and oxygen atoms in total. The molecule has 0 bridgehead atoms. The molecule has 0 aliphatic carbocycles. The zero-order chi connectivity index (χ0) is 41.0. The quantitative estimate of drug-likeness (QED) is 0.162. The monoisotopic (exact) mass is 791 g/mol. The van der Waals surface area contributed by atoms with Gasteiger partial charge in [-0.25, -0.2) is 0 Å². The Bertz CT molecular complexity index is 3590. The van der Waals surface area contributed by atoms with Crippen molar-refractivity contribution in [3.8, 4) is 67.8 Å². The van der Waals surface area contributed by atoms with E-state index in [1.54, 1.807) is 0 Å². The van der Waals surface area contributed by atoms with Crippen LogP contribution < -0.4 is 0 Å². The highest BCUT2D eigenvalue weighted by atomic mass is 15.3. The molecule has 0 atom stereocenters. The molecule has 12 rings (SSSR count). The topological polar surface area (TPSA) is 48.5 Å². The Morgan fingerprint density at radius 1 is 0.242 bits per heavy atom. The predicted octanol–water partition coefficient (Wildman–Crippen LogP) is 14.4. The number of para-hydroxylation sites is 3. The second-order valence-corrected chi connectivity index (χ2v) is 15.6. The molecule has 3 heterocycles. The first-order valence-corrected chi connectivity index (χ1v) is 21.0. The highest BCUT2D eigenvalue weighted by molar-refractivity contribution is 6.11. The highest BCUT2D eigenvalue weighted by Crippen LogP contribution is 2.39. The van der Waals surface area contributed by atoms with Gasteiger partial charge in [0.1, 0.15) is 0 Å². The van der Waals surface area contributed by atoms with Crippen LogP contribution in [0.15, 0.2) is 224 Å². The van der Waals surface area contributed by atoms with Gasteiger partial charge in [0.05, 0.1) is 22.1 Å². The molecule has 0 saturated heterocycles. The molecule has 0 aliphatic heterocycles. The van der Waals surface area contributed by atoms with Crippen molar-refractivity contribution < 1.29 is 0 Å². The molecule has 5 heteroatoms. The average molecular weight is 792 g/mol.